The van der Waals surface area contributed by atoms with Crippen LogP contribution in [0.4, 0.5) is 22.0 Å². The zero-order valence-corrected chi connectivity index (χ0v) is 11.3. The first-order valence-corrected chi connectivity index (χ1v) is 6.54. The molecule has 0 heterocycles. The summed E-state index contributed by atoms with van der Waals surface area (Å²) in [5.74, 6) is -10.9. The van der Waals surface area contributed by atoms with Crippen LogP contribution in [0.5, 0.6) is 5.75 Å². The molecule has 1 rings (SSSR count). The lowest BCUT2D eigenvalue weighted by Gasteiger charge is -2.11. The first-order chi connectivity index (χ1) is 9.40. The van der Waals surface area contributed by atoms with E-state index in [1.807, 2.05) is 0 Å². The highest BCUT2D eigenvalue weighted by molar-refractivity contribution is 7.80. The molecular formula is C12H14F5NOS. The van der Waals surface area contributed by atoms with Crippen LogP contribution in [0, 0.1) is 29.1 Å². The molecule has 20 heavy (non-hydrogen) atoms. The van der Waals surface area contributed by atoms with Crippen molar-refractivity contribution in [2.75, 3.05) is 12.4 Å². The molecule has 8 heteroatoms. The molecule has 1 aromatic carbocycles. The molecule has 0 aliphatic rings. The number of hydrogen-bond acceptors (Lipinski definition) is 3. The summed E-state index contributed by atoms with van der Waals surface area (Å²) in [5, 5.41) is 0. The summed E-state index contributed by atoms with van der Waals surface area (Å²) in [6, 6.07) is -0.104. The molecule has 0 aliphatic heterocycles. The summed E-state index contributed by atoms with van der Waals surface area (Å²) in [6.07, 6.45) is 1.60. The summed E-state index contributed by atoms with van der Waals surface area (Å²) in [6.45, 7) is -0.169. The van der Waals surface area contributed by atoms with Crippen LogP contribution >= 0.6 is 12.6 Å². The van der Waals surface area contributed by atoms with Crippen LogP contribution in [-0.2, 0) is 0 Å². The fourth-order valence-corrected chi connectivity index (χ4v) is 1.67. The van der Waals surface area contributed by atoms with Gasteiger partial charge in [0.15, 0.2) is 5.75 Å². The van der Waals surface area contributed by atoms with Gasteiger partial charge in [0.05, 0.1) is 6.61 Å². The number of benzene rings is 1. The average molecular weight is 315 g/mol. The van der Waals surface area contributed by atoms with E-state index >= 15 is 0 Å². The van der Waals surface area contributed by atoms with E-state index in [0.29, 0.717) is 25.0 Å². The van der Waals surface area contributed by atoms with Crippen molar-refractivity contribution in [3.05, 3.63) is 29.1 Å². The summed E-state index contributed by atoms with van der Waals surface area (Å²) in [7, 11) is 0. The van der Waals surface area contributed by atoms with Gasteiger partial charge in [0.1, 0.15) is 0 Å². The highest BCUT2D eigenvalue weighted by Gasteiger charge is 2.26. The van der Waals surface area contributed by atoms with E-state index in [0.717, 1.165) is 0 Å². The van der Waals surface area contributed by atoms with Crippen molar-refractivity contribution in [1.29, 1.82) is 0 Å². The number of ether oxygens (including phenoxy) is 1. The standard InChI is InChI=1S/C12H14F5NOS/c13-7-8(14)10(16)12(11(17)9(7)15)19-4-2-1-3-6(18)5-20/h6,20H,1-5,18H2/t6-/m0/s1. The second kappa shape index (κ2) is 7.68. The first kappa shape index (κ1) is 17.0. The van der Waals surface area contributed by atoms with Gasteiger partial charge in [-0.25, -0.2) is 13.2 Å². The van der Waals surface area contributed by atoms with Crippen LogP contribution in [0.2, 0.25) is 0 Å². The van der Waals surface area contributed by atoms with Gasteiger partial charge in [0, 0.05) is 11.8 Å². The fraction of sp³-hybridized carbons (Fsp3) is 0.500. The monoisotopic (exact) mass is 315 g/mol. The van der Waals surface area contributed by atoms with Crippen molar-refractivity contribution >= 4 is 12.6 Å². The quantitative estimate of drug-likeness (QED) is 0.266. The van der Waals surface area contributed by atoms with E-state index in [9.17, 15) is 22.0 Å². The lowest BCUT2D eigenvalue weighted by Crippen LogP contribution is -2.21. The lowest BCUT2D eigenvalue weighted by molar-refractivity contribution is 0.255. The lowest BCUT2D eigenvalue weighted by atomic mass is 10.1. The zero-order valence-electron chi connectivity index (χ0n) is 10.4. The molecule has 0 unspecified atom stereocenters. The molecule has 0 spiro atoms. The molecule has 0 amide bonds. The summed E-state index contributed by atoms with van der Waals surface area (Å²) in [4.78, 5) is 0. The Bertz CT molecular complexity index is 443. The molecule has 114 valence electrons. The third-order valence-electron chi connectivity index (χ3n) is 2.62. The van der Waals surface area contributed by atoms with Crippen molar-refractivity contribution < 1.29 is 26.7 Å². The highest BCUT2D eigenvalue weighted by Crippen LogP contribution is 2.29. The predicted molar refractivity (Wildman–Crippen MR) is 67.4 cm³/mol. The third-order valence-corrected chi connectivity index (χ3v) is 3.09. The smallest absolute Gasteiger partial charge is 0.206 e. The van der Waals surface area contributed by atoms with Gasteiger partial charge >= 0.3 is 0 Å². The number of rotatable bonds is 7. The zero-order chi connectivity index (χ0) is 15.3. The third kappa shape index (κ3) is 3.99. The Morgan fingerprint density at radius 3 is 1.90 bits per heavy atom. The van der Waals surface area contributed by atoms with Gasteiger partial charge in [-0.2, -0.15) is 21.4 Å². The van der Waals surface area contributed by atoms with E-state index in [1.54, 1.807) is 0 Å². The van der Waals surface area contributed by atoms with Crippen LogP contribution in [-0.4, -0.2) is 18.4 Å². The molecule has 0 aromatic heterocycles. The van der Waals surface area contributed by atoms with E-state index in [4.69, 9.17) is 5.73 Å². The van der Waals surface area contributed by atoms with Crippen molar-refractivity contribution in [3.63, 3.8) is 0 Å². The van der Waals surface area contributed by atoms with E-state index in [1.165, 1.54) is 0 Å². The molecule has 0 fully saturated rings. The van der Waals surface area contributed by atoms with Gasteiger partial charge in [-0.1, -0.05) is 0 Å². The maximum Gasteiger partial charge on any atom is 0.206 e. The normalized spacial score (nSPS) is 12.6. The number of thiol groups is 1. The molecule has 0 bridgehead atoms. The number of unbranched alkanes of at least 4 members (excludes halogenated alkanes) is 1. The van der Waals surface area contributed by atoms with Crippen LogP contribution in [0.25, 0.3) is 0 Å². The minimum atomic E-state index is -2.20. The molecule has 0 aliphatic carbocycles. The highest BCUT2D eigenvalue weighted by atomic mass is 32.1. The molecule has 0 radical (unpaired) electrons. The molecule has 2 nitrogen and oxygen atoms in total. The Hall–Kier alpha value is -1.02. The van der Waals surface area contributed by atoms with Crippen LogP contribution in [0.15, 0.2) is 0 Å². The number of halogens is 5. The maximum absolute atomic E-state index is 13.2. The number of hydrogen-bond donors (Lipinski definition) is 2. The largest absolute Gasteiger partial charge is 0.487 e. The van der Waals surface area contributed by atoms with Crippen LogP contribution in [0.3, 0.4) is 0 Å². The van der Waals surface area contributed by atoms with Gasteiger partial charge in [0.2, 0.25) is 29.1 Å². The van der Waals surface area contributed by atoms with E-state index in [-0.39, 0.29) is 12.6 Å². The number of nitrogens with two attached hydrogens (primary N) is 1. The van der Waals surface area contributed by atoms with E-state index < -0.39 is 34.8 Å². The predicted octanol–water partition coefficient (Wildman–Crippen LogP) is 3.19. The molecule has 0 saturated carbocycles. The van der Waals surface area contributed by atoms with Gasteiger partial charge in [-0.3, -0.25) is 0 Å². The van der Waals surface area contributed by atoms with Gasteiger partial charge < -0.3 is 10.5 Å². The van der Waals surface area contributed by atoms with Crippen LogP contribution in [0.1, 0.15) is 19.3 Å². The van der Waals surface area contributed by atoms with Crippen molar-refractivity contribution in [2.24, 2.45) is 5.73 Å². The Kier molecular flexibility index (Phi) is 6.54. The Morgan fingerprint density at radius 2 is 1.40 bits per heavy atom. The Morgan fingerprint density at radius 1 is 0.900 bits per heavy atom. The topological polar surface area (TPSA) is 35.2 Å². The second-order valence-electron chi connectivity index (χ2n) is 4.19. The Labute approximate surface area is 118 Å². The Balaban J connectivity index is 2.61. The van der Waals surface area contributed by atoms with E-state index in [2.05, 4.69) is 17.4 Å². The molecule has 0 saturated heterocycles. The minimum absolute atomic E-state index is 0.104. The summed E-state index contributed by atoms with van der Waals surface area (Å²) in [5.41, 5.74) is 5.59. The molecule has 1 atom stereocenters. The molecular weight excluding hydrogens is 301 g/mol. The summed E-state index contributed by atoms with van der Waals surface area (Å²) >= 11 is 3.98. The maximum atomic E-state index is 13.2. The molecule has 2 N–H and O–H groups in total. The van der Waals surface area contributed by atoms with Crippen molar-refractivity contribution in [3.8, 4) is 5.75 Å². The SMILES string of the molecule is N[C@H](CS)CCCCOc1c(F)c(F)c(F)c(F)c1F. The second-order valence-corrected chi connectivity index (χ2v) is 4.55. The van der Waals surface area contributed by atoms with Gasteiger partial charge in [-0.15, -0.1) is 0 Å². The van der Waals surface area contributed by atoms with Crippen molar-refractivity contribution in [1.82, 2.24) is 0 Å². The minimum Gasteiger partial charge on any atom is -0.487 e. The van der Waals surface area contributed by atoms with Crippen LogP contribution < -0.4 is 10.5 Å². The van der Waals surface area contributed by atoms with Gasteiger partial charge in [-0.05, 0) is 19.3 Å². The van der Waals surface area contributed by atoms with Gasteiger partial charge in [0.25, 0.3) is 0 Å². The summed E-state index contributed by atoms with van der Waals surface area (Å²) < 4.78 is 69.6. The molecule has 1 aromatic rings. The van der Waals surface area contributed by atoms with Crippen molar-refractivity contribution in [2.45, 2.75) is 25.3 Å². The fourth-order valence-electron chi connectivity index (χ4n) is 1.49. The average Bonchev–Trinajstić information content (AvgIpc) is 2.45. The first-order valence-electron chi connectivity index (χ1n) is 5.90.